The summed E-state index contributed by atoms with van der Waals surface area (Å²) in [7, 11) is 0. The maximum atomic E-state index is 13.2. The van der Waals surface area contributed by atoms with Crippen LogP contribution in [0.2, 0.25) is 0 Å². The zero-order valence-corrected chi connectivity index (χ0v) is 17.5. The highest BCUT2D eigenvalue weighted by Gasteiger charge is 2.27. The summed E-state index contributed by atoms with van der Waals surface area (Å²) in [6.07, 6.45) is 6.01. The van der Waals surface area contributed by atoms with Gasteiger partial charge in [-0.15, -0.1) is 11.8 Å². The van der Waals surface area contributed by atoms with Crippen molar-refractivity contribution >= 4 is 46.2 Å². The van der Waals surface area contributed by atoms with Crippen LogP contribution < -0.4 is 0 Å². The molecule has 0 aromatic heterocycles. The first-order valence-corrected chi connectivity index (χ1v) is 10.5. The van der Waals surface area contributed by atoms with Gasteiger partial charge in [-0.25, -0.2) is 0 Å². The molecule has 2 aromatic rings. The van der Waals surface area contributed by atoms with Gasteiger partial charge in [0.05, 0.1) is 0 Å². The Balaban J connectivity index is 2.04. The molecule has 0 aliphatic carbocycles. The highest BCUT2D eigenvalue weighted by Crippen LogP contribution is 2.25. The number of rotatable bonds is 2. The number of aryl methyl sites for hydroxylation is 2. The zero-order chi connectivity index (χ0) is 19.4. The predicted octanol–water partition coefficient (Wildman–Crippen LogP) is 5.30. The fourth-order valence-corrected chi connectivity index (χ4v) is 3.69. The first kappa shape index (κ1) is 19.6. The largest absolute Gasteiger partial charge is 0.349 e. The lowest BCUT2D eigenvalue weighted by atomic mass is 9.93. The van der Waals surface area contributed by atoms with Gasteiger partial charge in [0.15, 0.2) is 5.78 Å². The molecule has 2 nitrogen and oxygen atoms in total. The SMILES string of the molecule is CSC(=S)N1C/C(=C\c2ccccc2C)C(=O)/C(=C/c2ccccc2C)C1. The number of thiocarbonyl (C=S) groups is 1. The van der Waals surface area contributed by atoms with Gasteiger partial charge in [0.25, 0.3) is 0 Å². The molecule has 1 aliphatic rings. The Labute approximate surface area is 171 Å². The van der Waals surface area contributed by atoms with Crippen molar-refractivity contribution in [3.8, 4) is 0 Å². The molecular formula is C23H23NOS2. The van der Waals surface area contributed by atoms with E-state index in [1.165, 1.54) is 0 Å². The van der Waals surface area contributed by atoms with Crippen LogP contribution in [-0.4, -0.2) is 34.3 Å². The molecule has 1 saturated heterocycles. The average molecular weight is 394 g/mol. The van der Waals surface area contributed by atoms with Gasteiger partial charge in [0, 0.05) is 24.2 Å². The molecular weight excluding hydrogens is 370 g/mol. The third kappa shape index (κ3) is 4.57. The number of hydrogen-bond acceptors (Lipinski definition) is 3. The molecule has 1 aliphatic heterocycles. The van der Waals surface area contributed by atoms with E-state index in [0.29, 0.717) is 13.1 Å². The first-order valence-electron chi connectivity index (χ1n) is 8.89. The molecule has 1 heterocycles. The minimum Gasteiger partial charge on any atom is -0.349 e. The Morgan fingerprint density at radius 1 is 0.926 bits per heavy atom. The fourth-order valence-electron chi connectivity index (χ4n) is 3.17. The number of nitrogens with zero attached hydrogens (tertiary/aromatic N) is 1. The van der Waals surface area contributed by atoms with Crippen LogP contribution in [0, 0.1) is 13.8 Å². The second-order valence-corrected chi connectivity index (χ2v) is 8.15. The number of benzene rings is 2. The van der Waals surface area contributed by atoms with Crippen molar-refractivity contribution in [2.45, 2.75) is 13.8 Å². The van der Waals surface area contributed by atoms with E-state index in [0.717, 1.165) is 37.7 Å². The summed E-state index contributed by atoms with van der Waals surface area (Å²) in [6.45, 7) is 5.23. The summed E-state index contributed by atoms with van der Waals surface area (Å²) in [5.74, 6) is 0.113. The van der Waals surface area contributed by atoms with Gasteiger partial charge in [-0.05, 0) is 54.5 Å². The van der Waals surface area contributed by atoms with E-state index in [1.807, 2.05) is 54.8 Å². The third-order valence-corrected chi connectivity index (χ3v) is 6.14. The quantitative estimate of drug-likeness (QED) is 0.509. The van der Waals surface area contributed by atoms with E-state index in [4.69, 9.17) is 12.2 Å². The van der Waals surface area contributed by atoms with Crippen molar-refractivity contribution in [3.63, 3.8) is 0 Å². The summed E-state index contributed by atoms with van der Waals surface area (Å²) in [4.78, 5) is 15.3. The van der Waals surface area contributed by atoms with Crippen LogP contribution in [-0.2, 0) is 4.79 Å². The summed E-state index contributed by atoms with van der Waals surface area (Å²) >= 11 is 7.07. The number of ketones is 1. The molecule has 0 atom stereocenters. The number of piperidine rings is 1. The molecule has 27 heavy (non-hydrogen) atoms. The Morgan fingerprint density at radius 2 is 1.37 bits per heavy atom. The van der Waals surface area contributed by atoms with Crippen molar-refractivity contribution in [3.05, 3.63) is 81.9 Å². The predicted molar refractivity (Wildman–Crippen MR) is 121 cm³/mol. The highest BCUT2D eigenvalue weighted by atomic mass is 32.2. The van der Waals surface area contributed by atoms with Gasteiger partial charge >= 0.3 is 0 Å². The Hall–Kier alpha value is -2.17. The standard InChI is InChI=1S/C23H23NOS2/c1-16-8-4-6-10-18(16)12-20-14-24(23(26)27-3)15-21(22(20)25)13-19-11-7-5-9-17(19)2/h4-13H,14-15H2,1-3H3/b20-12+,21-13+. The molecule has 0 bridgehead atoms. The van der Waals surface area contributed by atoms with Crippen molar-refractivity contribution in [2.75, 3.05) is 19.3 Å². The number of likely N-dealkylation sites (tertiary alicyclic amines) is 1. The normalized spacial score (nSPS) is 17.6. The summed E-state index contributed by atoms with van der Waals surface area (Å²) in [5, 5.41) is 0. The van der Waals surface area contributed by atoms with E-state index in [2.05, 4.69) is 30.9 Å². The van der Waals surface area contributed by atoms with Crippen molar-refractivity contribution in [2.24, 2.45) is 0 Å². The smallest absolute Gasteiger partial charge is 0.188 e. The molecule has 1 fully saturated rings. The van der Waals surface area contributed by atoms with Crippen molar-refractivity contribution in [1.82, 2.24) is 4.90 Å². The number of hydrogen-bond donors (Lipinski definition) is 0. The second kappa shape index (κ2) is 8.68. The van der Waals surface area contributed by atoms with Crippen LogP contribution in [0.15, 0.2) is 59.7 Å². The van der Waals surface area contributed by atoms with Gasteiger partial charge in [0.1, 0.15) is 4.32 Å². The fraction of sp³-hybridized carbons (Fsp3) is 0.217. The van der Waals surface area contributed by atoms with Gasteiger partial charge in [-0.1, -0.05) is 60.7 Å². The highest BCUT2D eigenvalue weighted by molar-refractivity contribution is 8.22. The van der Waals surface area contributed by atoms with E-state index in [9.17, 15) is 4.79 Å². The Bertz CT molecular complexity index is 875. The van der Waals surface area contributed by atoms with E-state index < -0.39 is 0 Å². The third-order valence-electron chi connectivity index (χ3n) is 4.77. The molecule has 4 heteroatoms. The van der Waals surface area contributed by atoms with Crippen LogP contribution in [0.4, 0.5) is 0 Å². The summed E-state index contributed by atoms with van der Waals surface area (Å²) in [6, 6.07) is 16.3. The van der Waals surface area contributed by atoms with Gasteiger partial charge in [-0.3, -0.25) is 4.79 Å². The molecule has 0 amide bonds. The van der Waals surface area contributed by atoms with Crippen LogP contribution >= 0.6 is 24.0 Å². The molecule has 138 valence electrons. The number of carbonyl (C=O) groups is 1. The second-order valence-electron chi connectivity index (χ2n) is 6.71. The van der Waals surface area contributed by atoms with Gasteiger partial charge < -0.3 is 4.90 Å². The van der Waals surface area contributed by atoms with Crippen LogP contribution in [0.1, 0.15) is 22.3 Å². The molecule has 0 unspecified atom stereocenters. The van der Waals surface area contributed by atoms with E-state index in [-0.39, 0.29) is 5.78 Å². The lowest BCUT2D eigenvalue weighted by molar-refractivity contribution is -0.113. The molecule has 3 rings (SSSR count). The molecule has 0 spiro atoms. The van der Waals surface area contributed by atoms with Crippen molar-refractivity contribution < 1.29 is 4.79 Å². The topological polar surface area (TPSA) is 20.3 Å². The molecule has 2 aromatic carbocycles. The number of Topliss-reactive ketones (excluding diaryl/α,β-unsaturated/α-hetero) is 1. The lowest BCUT2D eigenvalue weighted by Crippen LogP contribution is -2.39. The number of carbonyl (C=O) groups excluding carboxylic acids is 1. The zero-order valence-electron chi connectivity index (χ0n) is 15.9. The van der Waals surface area contributed by atoms with E-state index in [1.54, 1.807) is 11.8 Å². The molecule has 0 N–H and O–H groups in total. The van der Waals surface area contributed by atoms with Crippen LogP contribution in [0.5, 0.6) is 0 Å². The Morgan fingerprint density at radius 3 is 1.78 bits per heavy atom. The first-order chi connectivity index (χ1) is 13.0. The Kier molecular flexibility index (Phi) is 6.30. The average Bonchev–Trinajstić information content (AvgIpc) is 2.67. The number of thioether (sulfide) groups is 1. The lowest BCUT2D eigenvalue weighted by Gasteiger charge is -2.31. The van der Waals surface area contributed by atoms with Gasteiger partial charge in [-0.2, -0.15) is 0 Å². The maximum absolute atomic E-state index is 13.2. The minimum absolute atomic E-state index is 0.113. The summed E-state index contributed by atoms with van der Waals surface area (Å²) in [5.41, 5.74) is 6.04. The summed E-state index contributed by atoms with van der Waals surface area (Å²) < 4.78 is 0.814. The molecule has 0 radical (unpaired) electrons. The van der Waals surface area contributed by atoms with Crippen LogP contribution in [0.3, 0.4) is 0 Å². The van der Waals surface area contributed by atoms with Crippen molar-refractivity contribution in [1.29, 1.82) is 0 Å². The van der Waals surface area contributed by atoms with Crippen LogP contribution in [0.25, 0.3) is 12.2 Å². The molecule has 0 saturated carbocycles. The monoisotopic (exact) mass is 393 g/mol. The maximum Gasteiger partial charge on any atom is 0.188 e. The van der Waals surface area contributed by atoms with E-state index >= 15 is 0 Å². The van der Waals surface area contributed by atoms with Gasteiger partial charge in [0.2, 0.25) is 0 Å². The minimum atomic E-state index is 0.113.